The Morgan fingerprint density at radius 2 is 2.00 bits per heavy atom. The lowest BCUT2D eigenvalue weighted by molar-refractivity contribution is -0.114. The largest absolute Gasteiger partial charge is 0.497 e. The molecule has 1 saturated heterocycles. The van der Waals surface area contributed by atoms with Gasteiger partial charge in [0.25, 0.3) is 0 Å². The van der Waals surface area contributed by atoms with Crippen molar-refractivity contribution in [3.63, 3.8) is 0 Å². The zero-order chi connectivity index (χ0) is 23.7. The van der Waals surface area contributed by atoms with Crippen LogP contribution in [0.4, 0.5) is 10.5 Å². The number of methoxy groups -OCH3 is 1. The number of anilines is 1. The Bertz CT molecular complexity index is 1310. The molecule has 2 N–H and O–H groups in total. The smallest absolute Gasteiger partial charge is 0.414 e. The van der Waals surface area contributed by atoms with Gasteiger partial charge in [-0.2, -0.15) is 0 Å². The maximum atomic E-state index is 12.6. The third-order valence-corrected chi connectivity index (χ3v) is 5.79. The SMILES string of the molecule is COc1ccc2nccc(C=C(CC3CN(c4ccc5c(c4)OCCO5)C(=O)O3)C(N)=O)c2c1. The van der Waals surface area contributed by atoms with Gasteiger partial charge in [0.1, 0.15) is 25.1 Å². The number of hydrogen-bond acceptors (Lipinski definition) is 7. The van der Waals surface area contributed by atoms with E-state index in [0.29, 0.717) is 41.7 Å². The molecule has 9 heteroatoms. The van der Waals surface area contributed by atoms with Crippen LogP contribution >= 0.6 is 0 Å². The summed E-state index contributed by atoms with van der Waals surface area (Å²) in [6.45, 7) is 1.21. The number of ether oxygens (including phenoxy) is 4. The van der Waals surface area contributed by atoms with Crippen molar-refractivity contribution in [1.29, 1.82) is 0 Å². The van der Waals surface area contributed by atoms with Crippen LogP contribution in [-0.2, 0) is 9.53 Å². The van der Waals surface area contributed by atoms with E-state index in [2.05, 4.69) is 4.98 Å². The number of aromatic nitrogens is 1. The molecule has 2 aliphatic rings. The van der Waals surface area contributed by atoms with E-state index in [1.165, 1.54) is 4.90 Å². The molecule has 0 radical (unpaired) electrons. The van der Waals surface area contributed by atoms with Crippen molar-refractivity contribution in [2.75, 3.05) is 31.8 Å². The number of nitrogens with two attached hydrogens (primary N) is 1. The number of primary amides is 1. The van der Waals surface area contributed by atoms with E-state index >= 15 is 0 Å². The Morgan fingerprint density at radius 3 is 2.79 bits per heavy atom. The number of carbonyl (C=O) groups excluding carboxylic acids is 2. The number of rotatable bonds is 6. The van der Waals surface area contributed by atoms with Crippen LogP contribution in [0, 0.1) is 0 Å². The second kappa shape index (κ2) is 8.93. The third-order valence-electron chi connectivity index (χ3n) is 5.79. The van der Waals surface area contributed by atoms with Gasteiger partial charge < -0.3 is 24.7 Å². The maximum Gasteiger partial charge on any atom is 0.414 e. The molecule has 0 spiro atoms. The highest BCUT2D eigenvalue weighted by molar-refractivity contribution is 6.00. The zero-order valence-electron chi connectivity index (χ0n) is 18.5. The van der Waals surface area contributed by atoms with Gasteiger partial charge in [-0.3, -0.25) is 14.7 Å². The third kappa shape index (κ3) is 4.19. The first kappa shape index (κ1) is 21.6. The number of nitrogens with zero attached hydrogens (tertiary/aromatic N) is 2. The van der Waals surface area contributed by atoms with Gasteiger partial charge in [0.2, 0.25) is 5.91 Å². The van der Waals surface area contributed by atoms with Gasteiger partial charge in [-0.1, -0.05) is 0 Å². The minimum Gasteiger partial charge on any atom is -0.497 e. The molecule has 2 amide bonds. The van der Waals surface area contributed by atoms with Crippen molar-refractivity contribution >= 4 is 34.7 Å². The van der Waals surface area contributed by atoms with Crippen LogP contribution in [0.3, 0.4) is 0 Å². The number of cyclic esters (lactones) is 1. The standard InChI is InChI=1S/C25H23N3O6/c1-31-18-3-4-21-20(13-18)15(6-7-27-21)10-16(24(26)29)11-19-14-28(25(30)34-19)17-2-5-22-23(12-17)33-9-8-32-22/h2-7,10,12-13,19H,8-9,11,14H2,1H3,(H2,26,29). The van der Waals surface area contributed by atoms with Crippen LogP contribution in [0.25, 0.3) is 17.0 Å². The van der Waals surface area contributed by atoms with E-state index < -0.39 is 18.1 Å². The van der Waals surface area contributed by atoms with E-state index in [-0.39, 0.29) is 13.0 Å². The van der Waals surface area contributed by atoms with E-state index in [9.17, 15) is 9.59 Å². The molecule has 9 nitrogen and oxygen atoms in total. The zero-order valence-corrected chi connectivity index (χ0v) is 18.5. The minimum absolute atomic E-state index is 0.176. The summed E-state index contributed by atoms with van der Waals surface area (Å²) in [5.41, 5.74) is 8.19. The van der Waals surface area contributed by atoms with Crippen LogP contribution in [0.5, 0.6) is 17.2 Å². The second-order valence-corrected chi connectivity index (χ2v) is 7.97. The predicted molar refractivity (Wildman–Crippen MR) is 125 cm³/mol. The highest BCUT2D eigenvalue weighted by atomic mass is 16.6. The van der Waals surface area contributed by atoms with Crippen LogP contribution in [0.2, 0.25) is 0 Å². The van der Waals surface area contributed by atoms with Crippen molar-refractivity contribution < 1.29 is 28.5 Å². The molecule has 3 aromatic rings. The summed E-state index contributed by atoms with van der Waals surface area (Å²) in [7, 11) is 1.59. The van der Waals surface area contributed by atoms with Crippen molar-refractivity contribution in [3.05, 3.63) is 59.8 Å². The van der Waals surface area contributed by atoms with Gasteiger partial charge in [-0.15, -0.1) is 0 Å². The number of carbonyl (C=O) groups is 2. The molecule has 1 atom stereocenters. The Morgan fingerprint density at radius 1 is 1.18 bits per heavy atom. The fourth-order valence-electron chi connectivity index (χ4n) is 4.10. The van der Waals surface area contributed by atoms with E-state index in [1.54, 1.807) is 43.6 Å². The molecule has 3 heterocycles. The summed E-state index contributed by atoms with van der Waals surface area (Å²) in [5, 5.41) is 0.821. The molecule has 1 aromatic heterocycles. The normalized spacial score (nSPS) is 17.6. The van der Waals surface area contributed by atoms with E-state index in [1.807, 2.05) is 18.2 Å². The number of benzene rings is 2. The average Bonchev–Trinajstić information content (AvgIpc) is 3.23. The molecule has 0 bridgehead atoms. The van der Waals surface area contributed by atoms with Crippen molar-refractivity contribution in [1.82, 2.24) is 4.98 Å². The lowest BCUT2D eigenvalue weighted by atomic mass is 10.0. The van der Waals surface area contributed by atoms with Gasteiger partial charge in [-0.05, 0) is 48.0 Å². The molecule has 5 rings (SSSR count). The molecular formula is C25H23N3O6. The number of amides is 2. The number of pyridine rings is 1. The van der Waals surface area contributed by atoms with E-state index in [0.717, 1.165) is 16.5 Å². The Kier molecular flexibility index (Phi) is 5.67. The number of hydrogen-bond donors (Lipinski definition) is 1. The van der Waals surface area contributed by atoms with Crippen molar-refractivity contribution in [2.24, 2.45) is 5.73 Å². The van der Waals surface area contributed by atoms with E-state index in [4.69, 9.17) is 24.7 Å². The molecule has 0 aliphatic carbocycles. The van der Waals surface area contributed by atoms with Crippen LogP contribution < -0.4 is 24.8 Å². The van der Waals surface area contributed by atoms with Gasteiger partial charge in [-0.25, -0.2) is 4.79 Å². The Hall–Kier alpha value is -4.27. The molecule has 0 saturated carbocycles. The molecule has 1 fully saturated rings. The molecule has 174 valence electrons. The minimum atomic E-state index is -0.582. The fourth-order valence-corrected chi connectivity index (χ4v) is 4.10. The summed E-state index contributed by atoms with van der Waals surface area (Å²) in [5.74, 6) is 1.31. The first-order valence-electron chi connectivity index (χ1n) is 10.8. The Labute approximate surface area is 195 Å². The Balaban J connectivity index is 1.39. The lowest BCUT2D eigenvalue weighted by Crippen LogP contribution is -2.26. The average molecular weight is 461 g/mol. The first-order valence-corrected chi connectivity index (χ1v) is 10.8. The number of fused-ring (bicyclic) bond motifs is 2. The molecular weight excluding hydrogens is 438 g/mol. The van der Waals surface area contributed by atoms with Crippen LogP contribution in [0.15, 0.2) is 54.2 Å². The fraction of sp³-hybridized carbons (Fsp3) is 0.240. The molecule has 34 heavy (non-hydrogen) atoms. The van der Waals surface area contributed by atoms with Gasteiger partial charge in [0.05, 0.1) is 24.9 Å². The topological polar surface area (TPSA) is 113 Å². The highest BCUT2D eigenvalue weighted by Crippen LogP contribution is 2.36. The highest BCUT2D eigenvalue weighted by Gasteiger charge is 2.34. The molecule has 2 aliphatic heterocycles. The van der Waals surface area contributed by atoms with Gasteiger partial charge >= 0.3 is 6.09 Å². The van der Waals surface area contributed by atoms with Gasteiger partial charge in [0.15, 0.2) is 11.5 Å². The quantitative estimate of drug-likeness (QED) is 0.561. The summed E-state index contributed by atoms with van der Waals surface area (Å²) < 4.78 is 22.0. The molecule has 1 unspecified atom stereocenters. The maximum absolute atomic E-state index is 12.6. The second-order valence-electron chi connectivity index (χ2n) is 7.97. The van der Waals surface area contributed by atoms with Crippen molar-refractivity contribution in [3.8, 4) is 17.2 Å². The summed E-state index contributed by atoms with van der Waals surface area (Å²) in [6.07, 6.45) is 2.52. The van der Waals surface area contributed by atoms with Crippen LogP contribution in [-0.4, -0.2) is 50.0 Å². The predicted octanol–water partition coefficient (Wildman–Crippen LogP) is 3.30. The summed E-state index contributed by atoms with van der Waals surface area (Å²) in [4.78, 5) is 30.7. The molecule has 2 aromatic carbocycles. The first-order chi connectivity index (χ1) is 16.5. The summed E-state index contributed by atoms with van der Waals surface area (Å²) in [6, 6.07) is 12.6. The van der Waals surface area contributed by atoms with Gasteiger partial charge in [0, 0.05) is 29.6 Å². The monoisotopic (exact) mass is 461 g/mol. The van der Waals surface area contributed by atoms with Crippen molar-refractivity contribution in [2.45, 2.75) is 12.5 Å². The van der Waals surface area contributed by atoms with Crippen LogP contribution in [0.1, 0.15) is 12.0 Å². The summed E-state index contributed by atoms with van der Waals surface area (Å²) >= 11 is 0. The lowest BCUT2D eigenvalue weighted by Gasteiger charge is -2.21.